The summed E-state index contributed by atoms with van der Waals surface area (Å²) in [4.78, 5) is 183. The van der Waals surface area contributed by atoms with Gasteiger partial charge in [0.05, 0.1) is 115 Å². The molecule has 0 aliphatic carbocycles. The summed E-state index contributed by atoms with van der Waals surface area (Å²) in [6, 6.07) is 13.1. The third-order valence-corrected chi connectivity index (χ3v) is 24.1. The highest BCUT2D eigenvalue weighted by Gasteiger charge is 2.48. The summed E-state index contributed by atoms with van der Waals surface area (Å²) in [5.74, 6) is -11.1. The van der Waals surface area contributed by atoms with E-state index in [1.54, 1.807) is 5.32 Å². The molecule has 9 aliphatic heterocycles. The highest BCUT2D eigenvalue weighted by Crippen LogP contribution is 2.36. The molecule has 140 heavy (non-hydrogen) atoms. The molecule has 40 nitrogen and oxygen atoms in total. The number of likely N-dealkylation sites (tertiary alicyclic amines) is 1. The highest BCUT2D eigenvalue weighted by atomic mass is 35.5. The van der Waals surface area contributed by atoms with Gasteiger partial charge in [-0.05, 0) is 72.8 Å². The van der Waals surface area contributed by atoms with E-state index in [1.165, 1.54) is 122 Å². The van der Waals surface area contributed by atoms with Crippen LogP contribution >= 0.6 is 46.4 Å². The molecule has 17 rings (SSSR count). The summed E-state index contributed by atoms with van der Waals surface area (Å²) < 4.78 is 174. The lowest BCUT2D eigenvalue weighted by atomic mass is 10.1. The first-order valence-electron chi connectivity index (χ1n) is 42.4. The molecular weight excluding hydrogens is 1980 g/mol. The van der Waals surface area contributed by atoms with Crippen LogP contribution in [0.4, 0.5) is 99.0 Å². The van der Waals surface area contributed by atoms with Crippen molar-refractivity contribution in [2.24, 2.45) is 0 Å². The summed E-state index contributed by atoms with van der Waals surface area (Å²) in [6.07, 6.45) is -14.3. The van der Waals surface area contributed by atoms with E-state index in [0.29, 0.717) is 101 Å². The van der Waals surface area contributed by atoms with Crippen molar-refractivity contribution in [1.29, 1.82) is 0 Å². The van der Waals surface area contributed by atoms with Crippen molar-refractivity contribution in [2.75, 3.05) is 115 Å². The van der Waals surface area contributed by atoms with Crippen LogP contribution < -0.4 is 31.9 Å². The average molecular weight is 2060 g/mol. The Morgan fingerprint density at radius 3 is 1.01 bits per heavy atom. The minimum absolute atomic E-state index is 0.00402. The number of nitrogens with zero attached hydrogens (tertiary/aromatic N) is 18. The van der Waals surface area contributed by atoms with Crippen LogP contribution in [0.15, 0.2) is 72.8 Å². The van der Waals surface area contributed by atoms with Crippen LogP contribution in [-0.4, -0.2) is 304 Å². The predicted molar refractivity (Wildman–Crippen MR) is 463 cm³/mol. The van der Waals surface area contributed by atoms with Crippen molar-refractivity contribution < 1.29 is 134 Å². The lowest BCUT2D eigenvalue weighted by Crippen LogP contribution is -2.44. The van der Waals surface area contributed by atoms with Gasteiger partial charge in [-0.15, -0.1) is 0 Å². The monoisotopic (exact) mass is 2060 g/mol. The highest BCUT2D eigenvalue weighted by molar-refractivity contribution is 6.32. The maximum absolute atomic E-state index is 13.6. The van der Waals surface area contributed by atoms with Crippen molar-refractivity contribution in [2.45, 2.75) is 134 Å². The van der Waals surface area contributed by atoms with Gasteiger partial charge in [-0.2, -0.15) is 33.6 Å². The van der Waals surface area contributed by atoms with Crippen LogP contribution in [0.5, 0.6) is 0 Å². The third kappa shape index (κ3) is 23.5. The van der Waals surface area contributed by atoms with Gasteiger partial charge in [0.15, 0.2) is 24.4 Å². The number of fused-ring (bicyclic) bond motifs is 12. The van der Waals surface area contributed by atoms with Gasteiger partial charge in [-0.1, -0.05) is 46.4 Å². The minimum Gasteiger partial charge on any atom is -0.348 e. The van der Waals surface area contributed by atoms with E-state index in [-0.39, 0.29) is 120 Å². The van der Waals surface area contributed by atoms with Crippen molar-refractivity contribution in [3.05, 3.63) is 184 Å². The zero-order chi connectivity index (χ0) is 101. The molecule has 16 amide bonds. The predicted octanol–water partition coefficient (Wildman–Crippen LogP) is 9.26. The van der Waals surface area contributed by atoms with E-state index < -0.39 is 177 Å². The Bertz CT molecular complexity index is 6220. The van der Waals surface area contributed by atoms with Gasteiger partial charge in [-0.3, -0.25) is 76.4 Å². The fraction of sp³-hybridized carbons (Fsp3) is 0.422. The Morgan fingerprint density at radius 2 is 0.729 bits per heavy atom. The molecule has 750 valence electrons. The molecule has 57 heteroatoms. The average Bonchev–Trinajstić information content (AvgIpc) is 1.62. The number of aromatic nitrogens is 8. The molecule has 1 fully saturated rings. The lowest BCUT2D eigenvalue weighted by molar-refractivity contribution is -0.177. The number of nitrogens with one attached hydrogen (secondary N) is 6. The number of rotatable bonds is 13. The molecule has 6 N–H and O–H groups in total. The second-order valence-corrected chi connectivity index (χ2v) is 34.4. The molecule has 0 saturated carbocycles. The van der Waals surface area contributed by atoms with E-state index in [9.17, 15) is 115 Å². The first-order chi connectivity index (χ1) is 66.1. The van der Waals surface area contributed by atoms with E-state index in [4.69, 9.17) is 65.8 Å². The number of hydroxylamine groups is 8. The van der Waals surface area contributed by atoms with E-state index >= 15 is 0 Å². The van der Waals surface area contributed by atoms with Gasteiger partial charge in [0.25, 0.3) is 66.0 Å². The van der Waals surface area contributed by atoms with Gasteiger partial charge in [0.1, 0.15) is 52.6 Å². The smallest absolute Gasteiger partial charge is 0.348 e. The molecule has 0 radical (unpaired) electrons. The maximum atomic E-state index is 13.6. The first-order valence-corrected chi connectivity index (χ1v) is 43.9. The SMILES string of the molecule is CN(CC(F)F)C(=O)C1Cn2nc3c(c2C(=O)N(C)O1)CN(C(=O)Nc1ccc(F)c(Cl)c1)CC3.CN1OC(C(=O)N2CCC(F)(F)C2)Cn2nc3c(c2C1=O)CN(C(=O)Nc1ccc(F)c(Cl)c1)CC3.CN1OC(C(=O)NCC(F)(F)F)Cn2nc3c(c2C1=O)CN(C(=O)Nc1ccc(F)c(Cl)c1)CC3.CN1OC(C(=O)NCC(F)F)Cn2nc3c(c2C1=O)CN(C(=O)Nc1ccc(F)c(Cl)c1)CC3. The molecule has 4 aromatic heterocycles. The summed E-state index contributed by atoms with van der Waals surface area (Å²) in [6.45, 7) is -3.45. The Kier molecular flexibility index (Phi) is 31.0. The van der Waals surface area contributed by atoms with E-state index in [0.717, 1.165) is 54.3 Å². The summed E-state index contributed by atoms with van der Waals surface area (Å²) >= 11 is 23.1. The Labute approximate surface area is 803 Å². The summed E-state index contributed by atoms with van der Waals surface area (Å²) in [5.41, 5.74) is 5.94. The molecule has 9 aliphatic rings. The number of alkyl halides is 9. The number of carbonyl (C=O) groups is 12. The van der Waals surface area contributed by atoms with Crippen molar-refractivity contribution in [1.82, 2.24) is 99.4 Å². The summed E-state index contributed by atoms with van der Waals surface area (Å²) in [7, 11) is 6.41. The molecule has 0 bridgehead atoms. The Hall–Kier alpha value is -13.4. The van der Waals surface area contributed by atoms with Gasteiger partial charge < -0.3 is 61.3 Å². The van der Waals surface area contributed by atoms with Gasteiger partial charge >= 0.3 is 30.3 Å². The number of urea groups is 4. The molecule has 8 aromatic rings. The maximum Gasteiger partial charge on any atom is 0.405 e. The van der Waals surface area contributed by atoms with Gasteiger partial charge in [0, 0.05) is 145 Å². The van der Waals surface area contributed by atoms with Crippen molar-refractivity contribution in [3.63, 3.8) is 0 Å². The van der Waals surface area contributed by atoms with Crippen LogP contribution in [0.1, 0.15) is 93.4 Å². The number of hydrogen-bond acceptors (Lipinski definition) is 20. The van der Waals surface area contributed by atoms with Gasteiger partial charge in [-0.25, -0.2) is 83.3 Å². The largest absolute Gasteiger partial charge is 0.405 e. The van der Waals surface area contributed by atoms with Gasteiger partial charge in [0.2, 0.25) is 0 Å². The number of likely N-dealkylation sites (N-methyl/N-ethyl adjacent to an activating group) is 1. The fourth-order valence-corrected chi connectivity index (χ4v) is 16.8. The van der Waals surface area contributed by atoms with Crippen LogP contribution in [0.3, 0.4) is 0 Å². The topological polar surface area (TPSA) is 418 Å². The molecule has 13 heterocycles. The molecule has 4 aromatic carbocycles. The zero-order valence-corrected chi connectivity index (χ0v) is 77.0. The number of benzene rings is 4. The third-order valence-electron chi connectivity index (χ3n) is 23.0. The van der Waals surface area contributed by atoms with Crippen LogP contribution in [0, 0.1) is 23.3 Å². The Balaban J connectivity index is 0.000000149. The summed E-state index contributed by atoms with van der Waals surface area (Å²) in [5, 5.41) is 34.8. The van der Waals surface area contributed by atoms with Crippen molar-refractivity contribution in [3.8, 4) is 0 Å². The van der Waals surface area contributed by atoms with E-state index in [2.05, 4.69) is 47.0 Å². The molecule has 0 spiro atoms. The molecule has 4 unspecified atom stereocenters. The number of carbonyl (C=O) groups excluding carboxylic acids is 12. The lowest BCUT2D eigenvalue weighted by Gasteiger charge is -2.27. The van der Waals surface area contributed by atoms with Crippen LogP contribution in [-0.2, 0) is 117 Å². The molecule has 1 saturated heterocycles. The van der Waals surface area contributed by atoms with E-state index in [1.807, 2.05) is 0 Å². The number of hydrogen-bond donors (Lipinski definition) is 6. The molecular formula is C83H83Cl4F13N24O16. The number of amides is 16. The van der Waals surface area contributed by atoms with Crippen LogP contribution in [0.25, 0.3) is 0 Å². The van der Waals surface area contributed by atoms with Crippen LogP contribution in [0.2, 0.25) is 20.1 Å². The number of anilines is 4. The van der Waals surface area contributed by atoms with Crippen molar-refractivity contribution >= 4 is 141 Å². The minimum atomic E-state index is -4.61. The second-order valence-electron chi connectivity index (χ2n) is 32.8. The number of halogens is 17. The first kappa shape index (κ1) is 103. The zero-order valence-electron chi connectivity index (χ0n) is 74.0. The second kappa shape index (κ2) is 42.4. The standard InChI is InChI=1S/C22H22ClF3N6O4.C21H22ClF3N6O4.C20H19ClF4N6O4.C20H20ClF3N6O4/c1-29-20(34)18-13-9-30(21(35)27-12-2-3-15(24)14(23)8-12)6-4-16(13)28-32(18)10-17(36-29)19(33)31-7-5-22(25,26)11-31;1-28(10-17(24)25)19(32)16-9-31-18(20(33)29(2)35-16)12-8-30(6-5-15(12)27-31)21(34)26-11-3-4-14(23)13(22)7-11;1-29-18(33)16-11-7-30(19(34)27-10-2-3-13(22)12(21)6-10)5-4-14(11)28-31(16)8-15(35-29)17(32)26-9-20(23,24)25;1-28-19(32)17-11-8-29(20(33)26-10-2-3-13(22)12(21)6-10)5-4-14(11)27-30(17)9-15(34-28)18(31)25-7-16(23)24/h2-3,8,17H,4-7,9-11H2,1H3,(H,27,35);3-4,7,16-17H,5-6,8-10H2,1-2H3,(H,26,34);2-3,6,15H,4-5,7-9H2,1H3,(H,26,32)(H,27,34);2-3,6,15-16H,4-5,7-9H2,1H3,(H,25,31)(H,26,33). The Morgan fingerprint density at radius 1 is 0.436 bits per heavy atom. The quantitative estimate of drug-likeness (QED) is 0.0585. The molecule has 4 atom stereocenters. The normalized spacial score (nSPS) is 18.7. The fourth-order valence-electron chi connectivity index (χ4n) is 16.1.